The van der Waals surface area contributed by atoms with Gasteiger partial charge < -0.3 is 9.40 Å². The van der Waals surface area contributed by atoms with Crippen molar-refractivity contribution in [3.8, 4) is 11.1 Å². The molecular formula is C12H10N2O. The summed E-state index contributed by atoms with van der Waals surface area (Å²) in [6.07, 6.45) is 3.41. The number of aromatic amines is 1. The highest BCUT2D eigenvalue weighted by Crippen LogP contribution is 2.27. The van der Waals surface area contributed by atoms with Crippen LogP contribution >= 0.6 is 0 Å². The number of aryl methyl sites for hydroxylation is 1. The second-order valence-electron chi connectivity index (χ2n) is 3.54. The molecule has 0 bridgehead atoms. The van der Waals surface area contributed by atoms with Gasteiger partial charge in [0.2, 0.25) is 0 Å². The van der Waals surface area contributed by atoms with Crippen LogP contribution in [0.4, 0.5) is 0 Å². The summed E-state index contributed by atoms with van der Waals surface area (Å²) in [4.78, 5) is 7.69. The smallest absolute Gasteiger partial charge is 0.104 e. The lowest BCUT2D eigenvalue weighted by Crippen LogP contribution is -1.77. The zero-order chi connectivity index (χ0) is 10.3. The zero-order valence-corrected chi connectivity index (χ0v) is 8.32. The summed E-state index contributed by atoms with van der Waals surface area (Å²) < 4.78 is 5.09. The molecule has 3 nitrogen and oxygen atoms in total. The largest absolute Gasteiger partial charge is 0.472 e. The predicted octanol–water partition coefficient (Wildman–Crippen LogP) is 3.13. The van der Waals surface area contributed by atoms with Crippen LogP contribution in [0.1, 0.15) is 5.82 Å². The first-order chi connectivity index (χ1) is 7.34. The van der Waals surface area contributed by atoms with Crippen LogP contribution in [0.25, 0.3) is 22.2 Å². The lowest BCUT2D eigenvalue weighted by Gasteiger charge is -1.97. The number of fused-ring (bicyclic) bond motifs is 1. The van der Waals surface area contributed by atoms with Gasteiger partial charge in [0, 0.05) is 11.1 Å². The summed E-state index contributed by atoms with van der Waals surface area (Å²) >= 11 is 0. The monoisotopic (exact) mass is 198 g/mol. The molecule has 0 aliphatic carbocycles. The molecule has 1 aromatic carbocycles. The van der Waals surface area contributed by atoms with E-state index in [1.165, 1.54) is 0 Å². The summed E-state index contributed by atoms with van der Waals surface area (Å²) in [6, 6.07) is 8.04. The van der Waals surface area contributed by atoms with Gasteiger partial charge in [-0.05, 0) is 19.1 Å². The summed E-state index contributed by atoms with van der Waals surface area (Å²) in [6.45, 7) is 1.96. The highest BCUT2D eigenvalue weighted by atomic mass is 16.3. The van der Waals surface area contributed by atoms with Gasteiger partial charge in [0.1, 0.15) is 5.82 Å². The van der Waals surface area contributed by atoms with Gasteiger partial charge in [-0.15, -0.1) is 0 Å². The quantitative estimate of drug-likeness (QED) is 0.652. The van der Waals surface area contributed by atoms with E-state index in [1.807, 2.05) is 31.2 Å². The molecule has 0 spiro atoms. The van der Waals surface area contributed by atoms with E-state index in [0.717, 1.165) is 28.0 Å². The van der Waals surface area contributed by atoms with Crippen molar-refractivity contribution in [3.05, 3.63) is 42.6 Å². The van der Waals surface area contributed by atoms with Crippen molar-refractivity contribution < 1.29 is 4.42 Å². The van der Waals surface area contributed by atoms with Crippen molar-refractivity contribution in [2.45, 2.75) is 6.92 Å². The molecule has 3 heteroatoms. The summed E-state index contributed by atoms with van der Waals surface area (Å²) in [5, 5.41) is 0. The Bertz CT molecular complexity index is 593. The Balaban J connectivity index is 2.35. The fourth-order valence-corrected chi connectivity index (χ4v) is 1.81. The maximum Gasteiger partial charge on any atom is 0.104 e. The SMILES string of the molecule is Cc1nc2c(-c3ccoc3)cccc2[nH]1. The van der Waals surface area contributed by atoms with Gasteiger partial charge in [-0.1, -0.05) is 12.1 Å². The van der Waals surface area contributed by atoms with E-state index in [2.05, 4.69) is 9.97 Å². The predicted molar refractivity (Wildman–Crippen MR) is 58.5 cm³/mol. The Hall–Kier alpha value is -2.03. The Morgan fingerprint density at radius 3 is 3.00 bits per heavy atom. The molecule has 2 heterocycles. The van der Waals surface area contributed by atoms with Gasteiger partial charge >= 0.3 is 0 Å². The van der Waals surface area contributed by atoms with Gasteiger partial charge in [-0.3, -0.25) is 0 Å². The molecule has 0 amide bonds. The molecule has 0 atom stereocenters. The summed E-state index contributed by atoms with van der Waals surface area (Å²) in [5.41, 5.74) is 4.22. The lowest BCUT2D eigenvalue weighted by molar-refractivity contribution is 0.568. The minimum Gasteiger partial charge on any atom is -0.472 e. The van der Waals surface area contributed by atoms with Crippen molar-refractivity contribution in [3.63, 3.8) is 0 Å². The number of aromatic nitrogens is 2. The van der Waals surface area contributed by atoms with Gasteiger partial charge in [0.15, 0.2) is 0 Å². The van der Waals surface area contributed by atoms with Crippen LogP contribution in [0, 0.1) is 6.92 Å². The zero-order valence-electron chi connectivity index (χ0n) is 8.32. The Morgan fingerprint density at radius 2 is 2.20 bits per heavy atom. The van der Waals surface area contributed by atoms with E-state index in [-0.39, 0.29) is 0 Å². The van der Waals surface area contributed by atoms with E-state index >= 15 is 0 Å². The third-order valence-electron chi connectivity index (χ3n) is 2.46. The Labute approximate surface area is 86.8 Å². The number of furan rings is 1. The van der Waals surface area contributed by atoms with Crippen LogP contribution in [0.5, 0.6) is 0 Å². The lowest BCUT2D eigenvalue weighted by atomic mass is 10.1. The molecule has 0 aliphatic rings. The fraction of sp³-hybridized carbons (Fsp3) is 0.0833. The van der Waals surface area contributed by atoms with Crippen molar-refractivity contribution in [2.24, 2.45) is 0 Å². The van der Waals surface area contributed by atoms with Gasteiger partial charge in [0.25, 0.3) is 0 Å². The van der Waals surface area contributed by atoms with E-state index in [1.54, 1.807) is 12.5 Å². The van der Waals surface area contributed by atoms with Crippen LogP contribution in [0.15, 0.2) is 41.2 Å². The molecule has 0 fully saturated rings. The van der Waals surface area contributed by atoms with Crippen LogP contribution in [-0.2, 0) is 0 Å². The standard InChI is InChI=1S/C12H10N2O/c1-8-13-11-4-2-3-10(12(11)14-8)9-5-6-15-7-9/h2-7H,1H3,(H,13,14). The number of para-hydroxylation sites is 1. The highest BCUT2D eigenvalue weighted by molar-refractivity contribution is 5.91. The third kappa shape index (κ3) is 1.24. The molecule has 74 valence electrons. The first-order valence-electron chi connectivity index (χ1n) is 4.82. The van der Waals surface area contributed by atoms with Crippen molar-refractivity contribution in [1.29, 1.82) is 0 Å². The molecule has 2 aromatic heterocycles. The van der Waals surface area contributed by atoms with Gasteiger partial charge in [-0.25, -0.2) is 4.98 Å². The molecule has 0 saturated heterocycles. The van der Waals surface area contributed by atoms with E-state index in [9.17, 15) is 0 Å². The number of nitrogens with one attached hydrogen (secondary N) is 1. The summed E-state index contributed by atoms with van der Waals surface area (Å²) in [5.74, 6) is 0.931. The van der Waals surface area contributed by atoms with E-state index in [0.29, 0.717) is 0 Å². The summed E-state index contributed by atoms with van der Waals surface area (Å²) in [7, 11) is 0. The number of rotatable bonds is 1. The number of benzene rings is 1. The topological polar surface area (TPSA) is 41.8 Å². The van der Waals surface area contributed by atoms with Gasteiger partial charge in [-0.2, -0.15) is 0 Å². The van der Waals surface area contributed by atoms with Crippen molar-refractivity contribution >= 4 is 11.0 Å². The number of nitrogens with zero attached hydrogens (tertiary/aromatic N) is 1. The fourth-order valence-electron chi connectivity index (χ4n) is 1.81. The Kier molecular flexibility index (Phi) is 1.65. The minimum absolute atomic E-state index is 0.931. The van der Waals surface area contributed by atoms with Crippen molar-refractivity contribution in [2.75, 3.05) is 0 Å². The van der Waals surface area contributed by atoms with Crippen LogP contribution in [0.2, 0.25) is 0 Å². The average Bonchev–Trinajstić information content (AvgIpc) is 2.82. The van der Waals surface area contributed by atoms with E-state index in [4.69, 9.17) is 4.42 Å². The maximum absolute atomic E-state index is 5.09. The Morgan fingerprint density at radius 1 is 1.27 bits per heavy atom. The van der Waals surface area contributed by atoms with E-state index < -0.39 is 0 Å². The molecule has 0 saturated carbocycles. The average molecular weight is 198 g/mol. The number of imidazole rings is 1. The maximum atomic E-state index is 5.09. The van der Waals surface area contributed by atoms with Crippen LogP contribution < -0.4 is 0 Å². The first-order valence-corrected chi connectivity index (χ1v) is 4.82. The minimum atomic E-state index is 0.931. The molecule has 15 heavy (non-hydrogen) atoms. The second kappa shape index (κ2) is 2.98. The number of hydrogen-bond donors (Lipinski definition) is 1. The number of H-pyrrole nitrogens is 1. The van der Waals surface area contributed by atoms with Crippen LogP contribution in [-0.4, -0.2) is 9.97 Å². The van der Waals surface area contributed by atoms with Crippen LogP contribution in [0.3, 0.4) is 0 Å². The normalized spacial score (nSPS) is 11.0. The third-order valence-corrected chi connectivity index (χ3v) is 2.46. The molecule has 0 aliphatic heterocycles. The molecular weight excluding hydrogens is 188 g/mol. The number of hydrogen-bond acceptors (Lipinski definition) is 2. The molecule has 3 rings (SSSR count). The first kappa shape index (κ1) is 8.29. The molecule has 0 unspecified atom stereocenters. The molecule has 0 radical (unpaired) electrons. The highest BCUT2D eigenvalue weighted by Gasteiger charge is 2.07. The van der Waals surface area contributed by atoms with Crippen molar-refractivity contribution in [1.82, 2.24) is 9.97 Å². The molecule has 3 aromatic rings. The van der Waals surface area contributed by atoms with Gasteiger partial charge in [0.05, 0.1) is 23.6 Å². The molecule has 1 N–H and O–H groups in total. The second-order valence-corrected chi connectivity index (χ2v) is 3.54.